The second kappa shape index (κ2) is 5.04. The van der Waals surface area contributed by atoms with Crippen molar-refractivity contribution in [1.29, 1.82) is 0 Å². The average molecular weight is 206 g/mol. The maximum absolute atomic E-state index is 9.72. The predicted octanol–water partition coefficient (Wildman–Crippen LogP) is -1.25. The van der Waals surface area contributed by atoms with E-state index in [4.69, 9.17) is 14.6 Å². The van der Waals surface area contributed by atoms with Crippen LogP contribution in [0, 0.1) is 5.92 Å². The molecule has 0 aromatic heterocycles. The Balaban J connectivity index is 2.67. The van der Waals surface area contributed by atoms with Crippen LogP contribution < -0.4 is 0 Å². The molecular formula is C9H18O5. The fraction of sp³-hybridized carbons (Fsp3) is 1.00. The summed E-state index contributed by atoms with van der Waals surface area (Å²) in [6.45, 7) is 1.72. The van der Waals surface area contributed by atoms with Crippen molar-refractivity contribution >= 4 is 0 Å². The first-order valence-corrected chi connectivity index (χ1v) is 4.73. The van der Waals surface area contributed by atoms with Gasteiger partial charge in [-0.05, 0) is 6.92 Å². The molecule has 0 aromatic rings. The van der Waals surface area contributed by atoms with Gasteiger partial charge in [-0.25, -0.2) is 0 Å². The third-order valence-electron chi connectivity index (χ3n) is 2.67. The molecule has 1 aliphatic heterocycles. The molecule has 3 N–H and O–H groups in total. The van der Waals surface area contributed by atoms with Crippen LogP contribution in [0.5, 0.6) is 0 Å². The van der Waals surface area contributed by atoms with Gasteiger partial charge in [0.2, 0.25) is 0 Å². The zero-order chi connectivity index (χ0) is 10.7. The van der Waals surface area contributed by atoms with E-state index in [1.54, 1.807) is 6.92 Å². The minimum atomic E-state index is -0.883. The molecule has 5 nitrogen and oxygen atoms in total. The molecule has 1 rings (SSSR count). The van der Waals surface area contributed by atoms with E-state index in [0.29, 0.717) is 0 Å². The summed E-state index contributed by atoms with van der Waals surface area (Å²) in [7, 11) is 1.51. The smallest absolute Gasteiger partial charge is 0.107 e. The fourth-order valence-electron chi connectivity index (χ4n) is 1.80. The molecule has 0 saturated carbocycles. The van der Waals surface area contributed by atoms with Crippen molar-refractivity contribution in [3.8, 4) is 0 Å². The summed E-state index contributed by atoms with van der Waals surface area (Å²) in [6, 6.07) is 0. The van der Waals surface area contributed by atoms with Crippen LogP contribution >= 0.6 is 0 Å². The van der Waals surface area contributed by atoms with E-state index < -0.39 is 30.3 Å². The van der Waals surface area contributed by atoms with Crippen molar-refractivity contribution in [3.63, 3.8) is 0 Å². The van der Waals surface area contributed by atoms with Gasteiger partial charge >= 0.3 is 0 Å². The normalized spacial score (nSPS) is 43.9. The van der Waals surface area contributed by atoms with E-state index >= 15 is 0 Å². The largest absolute Gasteiger partial charge is 0.394 e. The monoisotopic (exact) mass is 206 g/mol. The van der Waals surface area contributed by atoms with E-state index in [9.17, 15) is 10.2 Å². The summed E-state index contributed by atoms with van der Waals surface area (Å²) in [4.78, 5) is 0. The first kappa shape index (κ1) is 11.9. The van der Waals surface area contributed by atoms with Gasteiger partial charge in [0.25, 0.3) is 0 Å². The van der Waals surface area contributed by atoms with E-state index in [0.717, 1.165) is 0 Å². The van der Waals surface area contributed by atoms with Crippen molar-refractivity contribution in [1.82, 2.24) is 0 Å². The lowest BCUT2D eigenvalue weighted by Gasteiger charge is -2.40. The summed E-state index contributed by atoms with van der Waals surface area (Å²) in [5.41, 5.74) is 0. The number of hydrogen-bond donors (Lipinski definition) is 3. The van der Waals surface area contributed by atoms with Crippen LogP contribution in [0.1, 0.15) is 6.92 Å². The second-order valence-corrected chi connectivity index (χ2v) is 3.66. The first-order valence-electron chi connectivity index (χ1n) is 4.73. The van der Waals surface area contributed by atoms with Crippen LogP contribution in [0.2, 0.25) is 0 Å². The fourth-order valence-corrected chi connectivity index (χ4v) is 1.80. The van der Waals surface area contributed by atoms with Crippen molar-refractivity contribution in [2.45, 2.75) is 31.3 Å². The molecule has 0 aromatic carbocycles. The summed E-state index contributed by atoms with van der Waals surface area (Å²) in [5, 5.41) is 28.4. The lowest BCUT2D eigenvalue weighted by atomic mass is 9.87. The van der Waals surface area contributed by atoms with Crippen molar-refractivity contribution in [2.75, 3.05) is 20.3 Å². The Labute approximate surface area is 83.3 Å². The predicted molar refractivity (Wildman–Crippen MR) is 48.8 cm³/mol. The lowest BCUT2D eigenvalue weighted by molar-refractivity contribution is -0.211. The average Bonchev–Trinajstić information content (AvgIpc) is 2.18. The van der Waals surface area contributed by atoms with Crippen molar-refractivity contribution in [2.24, 2.45) is 5.92 Å². The zero-order valence-corrected chi connectivity index (χ0v) is 8.46. The molecule has 0 spiro atoms. The minimum absolute atomic E-state index is 0.252. The number of hydrogen-bond acceptors (Lipinski definition) is 5. The Morgan fingerprint density at radius 3 is 2.43 bits per heavy atom. The maximum atomic E-state index is 9.72. The number of ether oxygens (including phenoxy) is 2. The molecule has 0 bridgehead atoms. The number of aliphatic hydroxyl groups excluding tert-OH is 3. The second-order valence-electron chi connectivity index (χ2n) is 3.66. The van der Waals surface area contributed by atoms with Gasteiger partial charge in [0, 0.05) is 13.0 Å². The van der Waals surface area contributed by atoms with Crippen LogP contribution in [-0.4, -0.2) is 60.1 Å². The summed E-state index contributed by atoms with van der Waals surface area (Å²) in [6.07, 6.45) is -2.66. The van der Waals surface area contributed by atoms with Crippen LogP contribution in [0.4, 0.5) is 0 Å². The van der Waals surface area contributed by atoms with Gasteiger partial charge in [0.15, 0.2) is 0 Å². The molecule has 5 atom stereocenters. The van der Waals surface area contributed by atoms with Crippen LogP contribution in [0.3, 0.4) is 0 Å². The molecule has 14 heavy (non-hydrogen) atoms. The maximum Gasteiger partial charge on any atom is 0.107 e. The number of methoxy groups -OCH3 is 1. The molecule has 84 valence electrons. The topological polar surface area (TPSA) is 79.2 Å². The Morgan fingerprint density at radius 1 is 1.29 bits per heavy atom. The molecule has 1 saturated heterocycles. The van der Waals surface area contributed by atoms with Gasteiger partial charge in [0.05, 0.1) is 31.5 Å². The highest BCUT2D eigenvalue weighted by Gasteiger charge is 2.42. The Morgan fingerprint density at radius 2 is 1.93 bits per heavy atom. The Bertz CT molecular complexity index is 175. The molecule has 5 heteroatoms. The van der Waals surface area contributed by atoms with Gasteiger partial charge in [-0.3, -0.25) is 0 Å². The highest BCUT2D eigenvalue weighted by molar-refractivity contribution is 4.90. The molecular weight excluding hydrogens is 188 g/mol. The minimum Gasteiger partial charge on any atom is -0.394 e. The quantitative estimate of drug-likeness (QED) is 0.538. The Hall–Kier alpha value is -0.200. The van der Waals surface area contributed by atoms with E-state index in [1.165, 1.54) is 7.11 Å². The zero-order valence-electron chi connectivity index (χ0n) is 8.46. The standard InChI is InChI=1S/C9H18O5/c1-5-8(11)6(4-13-2)9(12)7(3-10)14-5/h5-12H,3-4H2,1-2H3. The highest BCUT2D eigenvalue weighted by atomic mass is 16.5. The molecule has 1 heterocycles. The number of rotatable bonds is 3. The van der Waals surface area contributed by atoms with E-state index in [1.807, 2.05) is 0 Å². The van der Waals surface area contributed by atoms with Gasteiger partial charge in [0.1, 0.15) is 6.10 Å². The number of aliphatic hydroxyl groups is 3. The molecule has 0 amide bonds. The third kappa shape index (κ3) is 2.24. The third-order valence-corrected chi connectivity index (χ3v) is 2.67. The molecule has 1 fully saturated rings. The van der Waals surface area contributed by atoms with Crippen LogP contribution in [0.15, 0.2) is 0 Å². The van der Waals surface area contributed by atoms with Gasteiger partial charge in [-0.15, -0.1) is 0 Å². The summed E-state index contributed by atoms with van der Waals surface area (Å²) in [5.74, 6) is -0.402. The van der Waals surface area contributed by atoms with Crippen molar-refractivity contribution in [3.05, 3.63) is 0 Å². The van der Waals surface area contributed by atoms with Gasteiger partial charge in [-0.1, -0.05) is 0 Å². The SMILES string of the molecule is COCC1C(O)C(C)OC(CO)C1O. The summed E-state index contributed by atoms with van der Waals surface area (Å²) >= 11 is 0. The molecule has 5 unspecified atom stereocenters. The lowest BCUT2D eigenvalue weighted by Crippen LogP contribution is -2.55. The van der Waals surface area contributed by atoms with Crippen molar-refractivity contribution < 1.29 is 24.8 Å². The summed E-state index contributed by atoms with van der Waals surface area (Å²) < 4.78 is 10.1. The Kier molecular flexibility index (Phi) is 4.28. The van der Waals surface area contributed by atoms with E-state index in [2.05, 4.69) is 0 Å². The molecule has 0 radical (unpaired) electrons. The molecule has 1 aliphatic rings. The highest BCUT2D eigenvalue weighted by Crippen LogP contribution is 2.26. The van der Waals surface area contributed by atoms with Crippen LogP contribution in [-0.2, 0) is 9.47 Å². The first-order chi connectivity index (χ1) is 6.61. The molecule has 0 aliphatic carbocycles. The van der Waals surface area contributed by atoms with Crippen LogP contribution in [0.25, 0.3) is 0 Å². The van der Waals surface area contributed by atoms with E-state index in [-0.39, 0.29) is 13.2 Å². The van der Waals surface area contributed by atoms with Gasteiger partial charge < -0.3 is 24.8 Å². The van der Waals surface area contributed by atoms with Gasteiger partial charge in [-0.2, -0.15) is 0 Å².